The predicted octanol–water partition coefficient (Wildman–Crippen LogP) is 9.27. The summed E-state index contributed by atoms with van der Waals surface area (Å²) in [7, 11) is 0. The molecule has 0 aliphatic heterocycles. The molecule has 3 radical (unpaired) electrons. The highest BCUT2D eigenvalue weighted by Crippen LogP contribution is 2.27. The van der Waals surface area contributed by atoms with Gasteiger partial charge in [0.15, 0.2) is 69.8 Å². The SMILES string of the molecule is F.F.F.Fc1c(F)c(F)c([S])c(F)c1F.Fc1c(F)c(F)c([S])c(F)c1F.Fc1c(F)c(F)c([S])c(F)c1F. The van der Waals surface area contributed by atoms with E-state index in [1.807, 2.05) is 0 Å². The Morgan fingerprint density at radius 2 is 0.282 bits per heavy atom. The van der Waals surface area contributed by atoms with Gasteiger partial charge in [0.05, 0.1) is 0 Å². The van der Waals surface area contributed by atoms with Gasteiger partial charge >= 0.3 is 0 Å². The van der Waals surface area contributed by atoms with Crippen LogP contribution in [0.3, 0.4) is 0 Å². The molecular weight excluding hydrogens is 654 g/mol. The third-order valence-electron chi connectivity index (χ3n) is 3.51. The summed E-state index contributed by atoms with van der Waals surface area (Å²) in [5.74, 6) is -30.5. The van der Waals surface area contributed by atoms with Gasteiger partial charge in [-0.15, -0.1) is 0 Å². The fraction of sp³-hybridized carbons (Fsp3) is 0. The lowest BCUT2D eigenvalue weighted by Crippen LogP contribution is -2.01. The maximum absolute atomic E-state index is 12.3. The summed E-state index contributed by atoms with van der Waals surface area (Å²) in [6.07, 6.45) is 0. The first-order chi connectivity index (χ1) is 16.4. The lowest BCUT2D eigenvalue weighted by atomic mass is 10.3. The second kappa shape index (κ2) is 15.6. The van der Waals surface area contributed by atoms with Crippen LogP contribution in [0.25, 0.3) is 0 Å². The maximum Gasteiger partial charge on any atom is 0.200 e. The molecule has 0 atom stereocenters. The quantitative estimate of drug-likeness (QED) is 0.129. The predicted molar refractivity (Wildman–Crippen MR) is 104 cm³/mol. The standard InChI is InChI=1S/3C6F5S.3FH/c3*7-1-2(8)4(10)6(12)5(11)3(1)9;;;/h;;;3*1H. The topological polar surface area (TPSA) is 0 Å². The van der Waals surface area contributed by atoms with Crippen molar-refractivity contribution in [1.82, 2.24) is 0 Å². The van der Waals surface area contributed by atoms with Crippen LogP contribution in [0.15, 0.2) is 14.7 Å². The van der Waals surface area contributed by atoms with Crippen molar-refractivity contribution < 1.29 is 80.0 Å². The molecule has 0 saturated heterocycles. The highest BCUT2D eigenvalue weighted by molar-refractivity contribution is 7.80. The Hall–Kier alpha value is -2.94. The molecule has 3 aromatic carbocycles. The van der Waals surface area contributed by atoms with Crippen LogP contribution in [-0.2, 0) is 0 Å². The molecule has 0 saturated carbocycles. The second-order valence-electron chi connectivity index (χ2n) is 5.70. The molecule has 3 rings (SSSR count). The van der Waals surface area contributed by atoms with Crippen LogP contribution in [0.1, 0.15) is 0 Å². The minimum atomic E-state index is -2.20. The zero-order valence-corrected chi connectivity index (χ0v) is 19.6. The molecule has 3 aromatic rings. The van der Waals surface area contributed by atoms with Crippen molar-refractivity contribution >= 4 is 37.9 Å². The van der Waals surface area contributed by atoms with Gasteiger partial charge in [-0.1, -0.05) is 37.9 Å². The van der Waals surface area contributed by atoms with Crippen LogP contribution in [-0.4, -0.2) is 0 Å². The van der Waals surface area contributed by atoms with Gasteiger partial charge in [-0.05, 0) is 0 Å². The molecule has 0 fully saturated rings. The number of hydrogen-bond acceptors (Lipinski definition) is 0. The fourth-order valence-electron chi connectivity index (χ4n) is 1.75. The van der Waals surface area contributed by atoms with Gasteiger partial charge in [-0.3, -0.25) is 14.1 Å². The lowest BCUT2D eigenvalue weighted by Gasteiger charge is -2.00. The van der Waals surface area contributed by atoms with E-state index in [2.05, 4.69) is 37.9 Å². The van der Waals surface area contributed by atoms with E-state index >= 15 is 0 Å². The van der Waals surface area contributed by atoms with Gasteiger partial charge in [-0.2, -0.15) is 0 Å². The number of hydrogen-bond donors (Lipinski definition) is 0. The van der Waals surface area contributed by atoms with Crippen LogP contribution in [0.2, 0.25) is 0 Å². The van der Waals surface area contributed by atoms with E-state index in [1.54, 1.807) is 0 Å². The van der Waals surface area contributed by atoms with Gasteiger partial charge in [-0.25, -0.2) is 65.9 Å². The van der Waals surface area contributed by atoms with Crippen molar-refractivity contribution in [3.05, 3.63) is 87.3 Å². The van der Waals surface area contributed by atoms with Gasteiger partial charge in [0.1, 0.15) is 14.7 Å². The molecule has 0 unspecified atom stereocenters. The third-order valence-corrected chi connectivity index (χ3v) is 4.58. The monoisotopic (exact) mass is 657 g/mol. The minimum absolute atomic E-state index is 0. The highest BCUT2D eigenvalue weighted by Gasteiger charge is 2.26. The van der Waals surface area contributed by atoms with Gasteiger partial charge in [0.25, 0.3) is 0 Å². The average molecular weight is 657 g/mol. The van der Waals surface area contributed by atoms with E-state index in [0.717, 1.165) is 0 Å². The van der Waals surface area contributed by atoms with Crippen molar-refractivity contribution in [1.29, 1.82) is 0 Å². The number of halogens is 18. The molecule has 0 bridgehead atoms. The molecular formula is C18H3F18S3. The van der Waals surface area contributed by atoms with E-state index in [0.29, 0.717) is 0 Å². The zero-order chi connectivity index (χ0) is 28.4. The first kappa shape index (κ1) is 40.6. The smallest absolute Gasteiger partial charge is 0.200 e. The van der Waals surface area contributed by atoms with E-state index in [9.17, 15) is 65.9 Å². The molecule has 0 N–H and O–H groups in total. The molecule has 0 aliphatic carbocycles. The Kier molecular flexibility index (Phi) is 16.2. The molecule has 0 aromatic heterocycles. The minimum Gasteiger partial charge on any atom is -0.269 e. The molecule has 0 heterocycles. The van der Waals surface area contributed by atoms with Crippen LogP contribution in [0.5, 0.6) is 0 Å². The average Bonchev–Trinajstić information content (AvgIpc) is 2.87. The van der Waals surface area contributed by atoms with Crippen LogP contribution < -0.4 is 0 Å². The molecule has 219 valence electrons. The van der Waals surface area contributed by atoms with Crippen molar-refractivity contribution in [3.63, 3.8) is 0 Å². The summed E-state index contributed by atoms with van der Waals surface area (Å²) < 4.78 is 184. The largest absolute Gasteiger partial charge is 0.269 e. The molecule has 0 amide bonds. The Morgan fingerprint density at radius 1 is 0.205 bits per heavy atom. The van der Waals surface area contributed by atoms with Gasteiger partial charge in [0, 0.05) is 0 Å². The summed E-state index contributed by atoms with van der Waals surface area (Å²) in [5, 5.41) is 0. The Bertz CT molecular complexity index is 855. The number of benzene rings is 3. The molecule has 39 heavy (non-hydrogen) atoms. The first-order valence-electron chi connectivity index (χ1n) is 7.95. The van der Waals surface area contributed by atoms with E-state index in [4.69, 9.17) is 0 Å². The molecule has 0 aliphatic rings. The zero-order valence-electron chi connectivity index (χ0n) is 17.1. The van der Waals surface area contributed by atoms with E-state index in [-0.39, 0.29) is 14.1 Å². The van der Waals surface area contributed by atoms with Gasteiger partial charge < -0.3 is 0 Å². The molecule has 0 nitrogen and oxygen atoms in total. The lowest BCUT2D eigenvalue weighted by molar-refractivity contribution is 0.361. The van der Waals surface area contributed by atoms with Crippen molar-refractivity contribution in [2.24, 2.45) is 0 Å². The normalized spacial score (nSPS) is 9.62. The van der Waals surface area contributed by atoms with E-state index in [1.165, 1.54) is 0 Å². The van der Waals surface area contributed by atoms with Crippen molar-refractivity contribution in [2.75, 3.05) is 0 Å². The van der Waals surface area contributed by atoms with E-state index < -0.39 is 102 Å². The Morgan fingerprint density at radius 3 is 0.385 bits per heavy atom. The summed E-state index contributed by atoms with van der Waals surface area (Å²) in [6, 6.07) is 0. The summed E-state index contributed by atoms with van der Waals surface area (Å²) in [4.78, 5) is -3.86. The summed E-state index contributed by atoms with van der Waals surface area (Å²) in [5.41, 5.74) is 0. The Balaban J connectivity index is -0.000000480. The van der Waals surface area contributed by atoms with Crippen molar-refractivity contribution in [2.45, 2.75) is 14.7 Å². The van der Waals surface area contributed by atoms with Gasteiger partial charge in [0.2, 0.25) is 17.5 Å². The fourth-order valence-corrected chi connectivity index (χ4v) is 2.29. The second-order valence-corrected chi connectivity index (χ2v) is 6.92. The van der Waals surface area contributed by atoms with Crippen LogP contribution in [0, 0.1) is 87.3 Å². The number of rotatable bonds is 0. The Labute approximate surface area is 220 Å². The van der Waals surface area contributed by atoms with Crippen molar-refractivity contribution in [3.8, 4) is 0 Å². The van der Waals surface area contributed by atoms with Crippen LogP contribution >= 0.6 is 37.9 Å². The third kappa shape index (κ3) is 8.03. The molecule has 0 spiro atoms. The summed E-state index contributed by atoms with van der Waals surface area (Å²) >= 11 is 11.8. The maximum atomic E-state index is 12.3. The molecule has 21 heteroatoms. The first-order valence-corrected chi connectivity index (χ1v) is 9.17. The van der Waals surface area contributed by atoms with Crippen LogP contribution in [0.4, 0.5) is 80.0 Å². The highest BCUT2D eigenvalue weighted by atomic mass is 32.1. The summed E-state index contributed by atoms with van der Waals surface area (Å²) in [6.45, 7) is 0.